The molecule has 3 aromatic carbocycles. The van der Waals surface area contributed by atoms with Gasteiger partial charge in [0.25, 0.3) is 0 Å². The van der Waals surface area contributed by atoms with Gasteiger partial charge in [-0.05, 0) is 23.6 Å². The van der Waals surface area contributed by atoms with Gasteiger partial charge in [-0.2, -0.15) is 5.10 Å². The van der Waals surface area contributed by atoms with Crippen LogP contribution >= 0.6 is 0 Å². The van der Waals surface area contributed by atoms with Gasteiger partial charge in [-0.15, -0.1) is 0 Å². The summed E-state index contributed by atoms with van der Waals surface area (Å²) >= 11 is 0. The van der Waals surface area contributed by atoms with E-state index in [9.17, 15) is 0 Å². The van der Waals surface area contributed by atoms with Gasteiger partial charge in [0.05, 0.1) is 17.2 Å². The van der Waals surface area contributed by atoms with Gasteiger partial charge < -0.3 is 4.98 Å². The minimum Gasteiger partial charge on any atom is -0.354 e. The van der Waals surface area contributed by atoms with Crippen LogP contribution in [0.5, 0.6) is 0 Å². The lowest BCUT2D eigenvalue weighted by atomic mass is 10.0. The van der Waals surface area contributed by atoms with Crippen molar-refractivity contribution in [2.75, 3.05) is 0 Å². The summed E-state index contributed by atoms with van der Waals surface area (Å²) in [6.07, 6.45) is 1.95. The van der Waals surface area contributed by atoms with E-state index in [-0.39, 0.29) is 0 Å². The molecule has 102 valence electrons. The molecular weight excluding hydrogens is 270 g/mol. The third-order valence-corrected chi connectivity index (χ3v) is 4.74. The van der Waals surface area contributed by atoms with Crippen LogP contribution < -0.4 is 0 Å². The van der Waals surface area contributed by atoms with Crippen LogP contribution in [-0.4, -0.2) is 14.6 Å². The lowest BCUT2D eigenvalue weighted by Gasteiger charge is -1.98. The van der Waals surface area contributed by atoms with Gasteiger partial charge >= 0.3 is 0 Å². The van der Waals surface area contributed by atoms with Crippen LogP contribution in [0.25, 0.3) is 49.0 Å². The van der Waals surface area contributed by atoms with E-state index in [0.717, 1.165) is 11.0 Å². The molecule has 6 rings (SSSR count). The van der Waals surface area contributed by atoms with Crippen molar-refractivity contribution in [3.8, 4) is 0 Å². The third kappa shape index (κ3) is 1.05. The van der Waals surface area contributed by atoms with E-state index in [2.05, 4.69) is 69.2 Å². The number of hydrogen-bond donors (Lipinski definition) is 1. The molecule has 0 spiro atoms. The number of rotatable bonds is 0. The highest BCUT2D eigenvalue weighted by molar-refractivity contribution is 6.27. The van der Waals surface area contributed by atoms with Crippen molar-refractivity contribution < 1.29 is 0 Å². The van der Waals surface area contributed by atoms with Gasteiger partial charge in [0, 0.05) is 32.6 Å². The van der Waals surface area contributed by atoms with Crippen molar-refractivity contribution in [2.45, 2.75) is 0 Å². The zero-order chi connectivity index (χ0) is 14.3. The van der Waals surface area contributed by atoms with Crippen LogP contribution in [0.15, 0.2) is 60.8 Å². The maximum Gasteiger partial charge on any atom is 0.0819 e. The quantitative estimate of drug-likeness (QED) is 0.429. The molecule has 0 aliphatic rings. The number of aromatic nitrogens is 3. The second-order valence-electron chi connectivity index (χ2n) is 5.85. The fraction of sp³-hybridized carbons (Fsp3) is 0. The van der Waals surface area contributed by atoms with Gasteiger partial charge in [0.1, 0.15) is 0 Å². The fourth-order valence-corrected chi connectivity index (χ4v) is 3.86. The summed E-state index contributed by atoms with van der Waals surface area (Å²) in [5.41, 5.74) is 4.69. The number of fused-ring (bicyclic) bond motifs is 2. The highest BCUT2D eigenvalue weighted by atomic mass is 15.2. The Labute approximate surface area is 125 Å². The first-order chi connectivity index (χ1) is 10.9. The molecule has 3 nitrogen and oxygen atoms in total. The van der Waals surface area contributed by atoms with E-state index >= 15 is 0 Å². The molecular formula is C19H11N3. The van der Waals surface area contributed by atoms with Gasteiger partial charge in [-0.1, -0.05) is 36.4 Å². The van der Waals surface area contributed by atoms with Crippen molar-refractivity contribution in [3.05, 3.63) is 60.8 Å². The summed E-state index contributed by atoms with van der Waals surface area (Å²) in [5.74, 6) is 0. The Hall–Kier alpha value is -3.07. The number of H-pyrrole nitrogens is 1. The van der Waals surface area contributed by atoms with E-state index in [1.165, 1.54) is 38.0 Å². The summed E-state index contributed by atoms with van der Waals surface area (Å²) < 4.78 is 2.08. The van der Waals surface area contributed by atoms with Crippen molar-refractivity contribution in [3.63, 3.8) is 0 Å². The first-order valence-corrected chi connectivity index (χ1v) is 7.43. The molecule has 0 aliphatic carbocycles. The Kier molecular flexibility index (Phi) is 1.64. The molecule has 0 radical (unpaired) electrons. The minimum atomic E-state index is 1.15. The van der Waals surface area contributed by atoms with Crippen LogP contribution in [0.4, 0.5) is 0 Å². The Bertz CT molecular complexity index is 1300. The normalized spacial score (nSPS) is 12.5. The summed E-state index contributed by atoms with van der Waals surface area (Å²) in [7, 11) is 0. The topological polar surface area (TPSA) is 33.1 Å². The average Bonchev–Trinajstić information content (AvgIpc) is 3.11. The SMILES string of the molecule is c1cc2[nH]c3cccc4c3c2c(c1)c1cccc2cnn4c21. The Balaban J connectivity index is 2.22. The van der Waals surface area contributed by atoms with Crippen LogP contribution in [-0.2, 0) is 0 Å². The molecule has 0 saturated carbocycles. The first kappa shape index (κ1) is 10.6. The van der Waals surface area contributed by atoms with E-state index in [1.54, 1.807) is 0 Å². The standard InChI is InChI=1S/C19H11N3/c1-4-11-10-20-22-16-9-3-8-15-18(16)17-12(13(6-1)19(11)22)5-2-7-14(17)21-15/h1-10,21H. The Morgan fingerprint density at radius 2 is 1.55 bits per heavy atom. The number of aromatic amines is 1. The second-order valence-corrected chi connectivity index (χ2v) is 5.85. The lowest BCUT2D eigenvalue weighted by molar-refractivity contribution is 1.01. The third-order valence-electron chi connectivity index (χ3n) is 4.74. The van der Waals surface area contributed by atoms with E-state index < -0.39 is 0 Å². The molecule has 0 unspecified atom stereocenters. The van der Waals surface area contributed by atoms with Crippen molar-refractivity contribution in [1.29, 1.82) is 0 Å². The minimum absolute atomic E-state index is 1.15. The highest BCUT2D eigenvalue weighted by Gasteiger charge is 2.15. The van der Waals surface area contributed by atoms with Crippen LogP contribution in [0.1, 0.15) is 0 Å². The molecule has 22 heavy (non-hydrogen) atoms. The smallest absolute Gasteiger partial charge is 0.0819 e. The summed E-state index contributed by atoms with van der Waals surface area (Å²) in [4.78, 5) is 3.54. The van der Waals surface area contributed by atoms with Crippen molar-refractivity contribution in [2.24, 2.45) is 0 Å². The van der Waals surface area contributed by atoms with E-state index in [1.807, 2.05) is 6.20 Å². The predicted octanol–water partition coefficient (Wildman–Crippen LogP) is 4.71. The Morgan fingerprint density at radius 1 is 0.773 bits per heavy atom. The summed E-state index contributed by atoms with van der Waals surface area (Å²) in [6, 6.07) is 19.3. The van der Waals surface area contributed by atoms with Gasteiger partial charge in [0.2, 0.25) is 0 Å². The van der Waals surface area contributed by atoms with E-state index in [4.69, 9.17) is 0 Å². The van der Waals surface area contributed by atoms with Crippen molar-refractivity contribution in [1.82, 2.24) is 14.6 Å². The predicted molar refractivity (Wildman–Crippen MR) is 90.8 cm³/mol. The number of para-hydroxylation sites is 1. The lowest BCUT2D eigenvalue weighted by Crippen LogP contribution is -1.86. The summed E-state index contributed by atoms with van der Waals surface area (Å²) in [5, 5.41) is 10.9. The molecule has 0 fully saturated rings. The van der Waals surface area contributed by atoms with Crippen molar-refractivity contribution >= 4 is 49.0 Å². The number of benzene rings is 3. The van der Waals surface area contributed by atoms with Gasteiger partial charge in [0.15, 0.2) is 0 Å². The maximum atomic E-state index is 4.66. The van der Waals surface area contributed by atoms with Crippen LogP contribution in [0.3, 0.4) is 0 Å². The molecule has 3 heteroatoms. The van der Waals surface area contributed by atoms with Gasteiger partial charge in [-0.3, -0.25) is 0 Å². The van der Waals surface area contributed by atoms with E-state index in [0.29, 0.717) is 0 Å². The molecule has 1 N–H and O–H groups in total. The molecule has 0 bridgehead atoms. The zero-order valence-corrected chi connectivity index (χ0v) is 11.7. The molecule has 0 aliphatic heterocycles. The molecule has 3 aromatic heterocycles. The van der Waals surface area contributed by atoms with Crippen LogP contribution in [0, 0.1) is 0 Å². The number of hydrogen-bond acceptors (Lipinski definition) is 1. The largest absolute Gasteiger partial charge is 0.354 e. The van der Waals surface area contributed by atoms with Crippen LogP contribution in [0.2, 0.25) is 0 Å². The molecule has 0 atom stereocenters. The Morgan fingerprint density at radius 3 is 2.50 bits per heavy atom. The van der Waals surface area contributed by atoms with Gasteiger partial charge in [-0.25, -0.2) is 4.52 Å². The highest BCUT2D eigenvalue weighted by Crippen LogP contribution is 2.37. The molecule has 0 amide bonds. The second kappa shape index (κ2) is 3.39. The first-order valence-electron chi connectivity index (χ1n) is 7.43. The zero-order valence-electron chi connectivity index (χ0n) is 11.7. The summed E-state index contributed by atoms with van der Waals surface area (Å²) in [6.45, 7) is 0. The maximum absolute atomic E-state index is 4.66. The molecule has 0 saturated heterocycles. The average molecular weight is 281 g/mol. The number of nitrogens with one attached hydrogen (secondary N) is 1. The monoisotopic (exact) mass is 281 g/mol. The fourth-order valence-electron chi connectivity index (χ4n) is 3.86. The molecule has 3 heterocycles. The molecule has 6 aromatic rings. The number of nitrogens with zero attached hydrogens (tertiary/aromatic N) is 2.